The number of carbonyl (C=O) groups is 1. The van der Waals surface area contributed by atoms with E-state index in [1.54, 1.807) is 6.07 Å². The fourth-order valence-electron chi connectivity index (χ4n) is 5.15. The number of piperazine rings is 2. The molecule has 10 heteroatoms. The Labute approximate surface area is 223 Å². The molecule has 0 aliphatic carbocycles. The molecule has 0 bridgehead atoms. The average molecular weight is 525 g/mol. The van der Waals surface area contributed by atoms with E-state index in [9.17, 15) is 4.79 Å². The van der Waals surface area contributed by atoms with Crippen molar-refractivity contribution in [3.8, 4) is 5.75 Å². The maximum atomic E-state index is 15.2. The Bertz CT molecular complexity index is 1140. The Morgan fingerprint density at radius 2 is 1.66 bits per heavy atom. The van der Waals surface area contributed by atoms with Gasteiger partial charge in [0.25, 0.3) is 0 Å². The minimum Gasteiger partial charge on any atom is -0.492 e. The number of nitrogens with two attached hydrogens (primary N) is 1. The normalized spacial score (nSPS) is 23.2. The lowest BCUT2D eigenvalue weighted by molar-refractivity contribution is -0.120. The predicted molar refractivity (Wildman–Crippen MR) is 145 cm³/mol. The highest BCUT2D eigenvalue weighted by atomic mass is 19.1. The number of carbonyl (C=O) groups excluding carboxylic acids is 1. The van der Waals surface area contributed by atoms with E-state index < -0.39 is 23.9 Å². The number of rotatable bonds is 8. The highest BCUT2D eigenvalue weighted by molar-refractivity contribution is 6.03. The number of primary amides is 1. The minimum atomic E-state index is -0.950. The molecule has 38 heavy (non-hydrogen) atoms. The number of anilines is 1. The van der Waals surface area contributed by atoms with E-state index in [2.05, 4.69) is 38.7 Å². The van der Waals surface area contributed by atoms with Gasteiger partial charge in [-0.3, -0.25) is 9.69 Å². The Morgan fingerprint density at radius 3 is 2.32 bits per heavy atom. The molecule has 2 aromatic rings. The Kier molecular flexibility index (Phi) is 8.11. The van der Waals surface area contributed by atoms with Gasteiger partial charge in [-0.05, 0) is 43.9 Å². The van der Waals surface area contributed by atoms with Crippen LogP contribution in [0.25, 0.3) is 0 Å². The maximum absolute atomic E-state index is 15.2. The maximum Gasteiger partial charge on any atom is 0.246 e. The zero-order valence-corrected chi connectivity index (χ0v) is 22.2. The van der Waals surface area contributed by atoms with Crippen molar-refractivity contribution in [2.45, 2.75) is 12.1 Å². The van der Waals surface area contributed by atoms with Crippen molar-refractivity contribution in [2.75, 3.05) is 84.5 Å². The third-order valence-corrected chi connectivity index (χ3v) is 7.60. The van der Waals surface area contributed by atoms with Crippen LogP contribution in [0.2, 0.25) is 0 Å². The van der Waals surface area contributed by atoms with Gasteiger partial charge in [-0.25, -0.2) is 9.38 Å². The molecule has 2 N–H and O–H groups in total. The standard InChI is InChI=1S/C28H37FN6O3/c1-32-10-14-34(15-11-32)18-19-37-21-8-6-20(7-9-21)26-25(27(30)36)31-28(38-26)24-22(29)4-3-5-23(24)35-16-12-33(2)13-17-35/h3-9,25-26H,10-19H2,1-2H3,(H2,30,36). The molecular formula is C28H37FN6O3. The summed E-state index contributed by atoms with van der Waals surface area (Å²) in [5.41, 5.74) is 7.43. The van der Waals surface area contributed by atoms with Crippen LogP contribution < -0.4 is 15.4 Å². The average Bonchev–Trinajstić information content (AvgIpc) is 3.36. The van der Waals surface area contributed by atoms with Gasteiger partial charge in [0.2, 0.25) is 11.8 Å². The third-order valence-electron chi connectivity index (χ3n) is 7.60. The van der Waals surface area contributed by atoms with Crippen LogP contribution in [0, 0.1) is 5.82 Å². The van der Waals surface area contributed by atoms with Crippen molar-refractivity contribution in [2.24, 2.45) is 10.7 Å². The topological polar surface area (TPSA) is 86.9 Å². The van der Waals surface area contributed by atoms with Crippen molar-refractivity contribution >= 4 is 17.5 Å². The second-order valence-corrected chi connectivity index (χ2v) is 10.3. The molecule has 0 saturated carbocycles. The first kappa shape index (κ1) is 26.4. The fraction of sp³-hybridized carbons (Fsp3) is 0.500. The summed E-state index contributed by atoms with van der Waals surface area (Å²) in [4.78, 5) is 25.9. The first-order valence-corrected chi connectivity index (χ1v) is 13.3. The van der Waals surface area contributed by atoms with E-state index in [0.717, 1.165) is 70.2 Å². The molecule has 2 aromatic carbocycles. The number of halogens is 1. The van der Waals surface area contributed by atoms with Gasteiger partial charge in [0.15, 0.2) is 12.1 Å². The van der Waals surface area contributed by atoms with Crippen LogP contribution in [-0.2, 0) is 9.53 Å². The molecule has 3 aliphatic heterocycles. The lowest BCUT2D eigenvalue weighted by Crippen LogP contribution is -2.45. The molecular weight excluding hydrogens is 487 g/mol. The summed E-state index contributed by atoms with van der Waals surface area (Å²) in [7, 11) is 4.21. The third kappa shape index (κ3) is 5.92. The van der Waals surface area contributed by atoms with E-state index in [4.69, 9.17) is 15.2 Å². The number of benzene rings is 2. The Balaban J connectivity index is 1.27. The van der Waals surface area contributed by atoms with E-state index in [0.29, 0.717) is 12.3 Å². The van der Waals surface area contributed by atoms with Crippen LogP contribution in [0.15, 0.2) is 47.5 Å². The van der Waals surface area contributed by atoms with Crippen LogP contribution in [0.5, 0.6) is 5.75 Å². The molecule has 5 rings (SSSR count). The molecule has 1 amide bonds. The van der Waals surface area contributed by atoms with Gasteiger partial charge in [-0.1, -0.05) is 18.2 Å². The summed E-state index contributed by atoms with van der Waals surface area (Å²) in [6, 6.07) is 11.4. The van der Waals surface area contributed by atoms with E-state index in [1.165, 1.54) is 6.07 Å². The van der Waals surface area contributed by atoms with Crippen molar-refractivity contribution in [1.82, 2.24) is 14.7 Å². The zero-order valence-electron chi connectivity index (χ0n) is 22.2. The molecule has 0 aromatic heterocycles. The molecule has 2 unspecified atom stereocenters. The van der Waals surface area contributed by atoms with Gasteiger partial charge in [0, 0.05) is 58.9 Å². The summed E-state index contributed by atoms with van der Waals surface area (Å²) >= 11 is 0. The van der Waals surface area contributed by atoms with Crippen LogP contribution in [0.3, 0.4) is 0 Å². The number of hydrogen-bond acceptors (Lipinski definition) is 8. The summed E-state index contributed by atoms with van der Waals surface area (Å²) in [6.07, 6.45) is -0.734. The quantitative estimate of drug-likeness (QED) is 0.561. The number of ether oxygens (including phenoxy) is 2. The molecule has 0 spiro atoms. The monoisotopic (exact) mass is 524 g/mol. The largest absolute Gasteiger partial charge is 0.492 e. The number of likely N-dealkylation sites (N-methyl/N-ethyl adjacent to an activating group) is 2. The molecule has 3 heterocycles. The van der Waals surface area contributed by atoms with Gasteiger partial charge in [-0.2, -0.15) is 0 Å². The minimum absolute atomic E-state index is 0.110. The summed E-state index contributed by atoms with van der Waals surface area (Å²) in [5.74, 6) is -0.203. The van der Waals surface area contributed by atoms with Gasteiger partial charge < -0.3 is 29.9 Å². The van der Waals surface area contributed by atoms with Crippen molar-refractivity contribution in [3.05, 3.63) is 59.4 Å². The Hall–Kier alpha value is -3.21. The fourth-order valence-corrected chi connectivity index (χ4v) is 5.15. The molecule has 204 valence electrons. The number of amides is 1. The lowest BCUT2D eigenvalue weighted by Gasteiger charge is -2.35. The van der Waals surface area contributed by atoms with E-state index >= 15 is 4.39 Å². The van der Waals surface area contributed by atoms with Crippen molar-refractivity contribution < 1.29 is 18.7 Å². The second kappa shape index (κ2) is 11.7. The van der Waals surface area contributed by atoms with Gasteiger partial charge >= 0.3 is 0 Å². The van der Waals surface area contributed by atoms with Crippen LogP contribution in [-0.4, -0.2) is 112 Å². The van der Waals surface area contributed by atoms with E-state index in [1.807, 2.05) is 30.3 Å². The lowest BCUT2D eigenvalue weighted by atomic mass is 10.0. The first-order chi connectivity index (χ1) is 18.4. The molecule has 2 fully saturated rings. The number of nitrogens with zero attached hydrogens (tertiary/aromatic N) is 5. The molecule has 0 radical (unpaired) electrons. The van der Waals surface area contributed by atoms with E-state index in [-0.39, 0.29) is 11.5 Å². The molecule has 9 nitrogen and oxygen atoms in total. The SMILES string of the molecule is CN1CCN(CCOc2ccc(C3OC(c4c(F)cccc4N4CCN(C)CC4)=NC3C(N)=O)cc2)CC1. The zero-order chi connectivity index (χ0) is 26.6. The van der Waals surface area contributed by atoms with Gasteiger partial charge in [0.1, 0.15) is 18.2 Å². The van der Waals surface area contributed by atoms with Crippen LogP contribution in [0.4, 0.5) is 10.1 Å². The number of hydrogen-bond donors (Lipinski definition) is 1. The highest BCUT2D eigenvalue weighted by Gasteiger charge is 2.39. The predicted octanol–water partition coefficient (Wildman–Crippen LogP) is 1.58. The second-order valence-electron chi connectivity index (χ2n) is 10.3. The van der Waals surface area contributed by atoms with Gasteiger partial charge in [0.05, 0.1) is 11.3 Å². The molecule has 2 saturated heterocycles. The van der Waals surface area contributed by atoms with Crippen LogP contribution in [0.1, 0.15) is 17.2 Å². The molecule has 2 atom stereocenters. The summed E-state index contributed by atoms with van der Waals surface area (Å²) < 4.78 is 27.3. The number of aliphatic imine (C=N–C) groups is 1. The van der Waals surface area contributed by atoms with Crippen molar-refractivity contribution in [3.63, 3.8) is 0 Å². The molecule has 3 aliphatic rings. The highest BCUT2D eigenvalue weighted by Crippen LogP contribution is 2.35. The summed E-state index contributed by atoms with van der Waals surface area (Å²) in [6.45, 7) is 9.00. The van der Waals surface area contributed by atoms with Crippen LogP contribution >= 0.6 is 0 Å². The van der Waals surface area contributed by atoms with Crippen molar-refractivity contribution in [1.29, 1.82) is 0 Å². The smallest absolute Gasteiger partial charge is 0.246 e. The van der Waals surface area contributed by atoms with Gasteiger partial charge in [-0.15, -0.1) is 0 Å². The Morgan fingerprint density at radius 1 is 1.00 bits per heavy atom. The summed E-state index contributed by atoms with van der Waals surface area (Å²) in [5, 5.41) is 0. The first-order valence-electron chi connectivity index (χ1n) is 13.3.